The van der Waals surface area contributed by atoms with Crippen molar-refractivity contribution in [2.45, 2.75) is 19.3 Å². The van der Waals surface area contributed by atoms with Gasteiger partial charge >= 0.3 is 5.97 Å². The summed E-state index contributed by atoms with van der Waals surface area (Å²) < 4.78 is 4.93. The lowest BCUT2D eigenvalue weighted by Crippen LogP contribution is -2.11. The van der Waals surface area contributed by atoms with Crippen molar-refractivity contribution in [1.29, 1.82) is 0 Å². The van der Waals surface area contributed by atoms with Gasteiger partial charge in [-0.2, -0.15) is 0 Å². The van der Waals surface area contributed by atoms with Gasteiger partial charge in [-0.1, -0.05) is 52.8 Å². The van der Waals surface area contributed by atoms with E-state index in [9.17, 15) is 4.79 Å². The first-order valence-corrected chi connectivity index (χ1v) is 6.77. The fourth-order valence-electron chi connectivity index (χ4n) is 1.60. The zero-order valence-corrected chi connectivity index (χ0v) is 11.6. The molecule has 1 aromatic carbocycles. The second-order valence-electron chi connectivity index (χ2n) is 3.79. The number of carbonyl (C=O) groups is 1. The van der Waals surface area contributed by atoms with Gasteiger partial charge in [-0.3, -0.25) is 0 Å². The molecule has 1 unspecified atom stereocenters. The molecule has 0 aliphatic rings. The highest BCUT2D eigenvalue weighted by molar-refractivity contribution is 9.09. The molecular weight excluding hydrogens is 280 g/mol. The normalized spacial score (nSPS) is 11.9. The Labute approximate surface area is 111 Å². The first-order valence-electron chi connectivity index (χ1n) is 5.64. The molecular formula is C14H17BrO2. The Morgan fingerprint density at radius 1 is 1.41 bits per heavy atom. The lowest BCUT2D eigenvalue weighted by Gasteiger charge is -2.15. The topological polar surface area (TPSA) is 26.3 Å². The highest BCUT2D eigenvalue weighted by Gasteiger charge is 2.16. The maximum Gasteiger partial charge on any atom is 0.333 e. The molecule has 17 heavy (non-hydrogen) atoms. The summed E-state index contributed by atoms with van der Waals surface area (Å²) in [6.07, 6.45) is 0.619. The van der Waals surface area contributed by atoms with Crippen LogP contribution in [0.2, 0.25) is 0 Å². The standard InChI is InChI=1S/C14H17BrO2/c1-3-17-14(16)11(2)9-13(10-15)12-7-5-4-6-8-12/h4-8,13H,2-3,9-10H2,1H3. The van der Waals surface area contributed by atoms with Crippen molar-refractivity contribution >= 4 is 21.9 Å². The van der Waals surface area contributed by atoms with Gasteiger partial charge < -0.3 is 4.74 Å². The minimum absolute atomic E-state index is 0.258. The van der Waals surface area contributed by atoms with Crippen LogP contribution in [0.1, 0.15) is 24.8 Å². The second-order valence-corrected chi connectivity index (χ2v) is 4.44. The summed E-state index contributed by atoms with van der Waals surface area (Å²) in [7, 11) is 0. The van der Waals surface area contributed by atoms with Crippen molar-refractivity contribution in [2.75, 3.05) is 11.9 Å². The van der Waals surface area contributed by atoms with Gasteiger partial charge in [0.25, 0.3) is 0 Å². The molecule has 0 aliphatic heterocycles. The number of hydrogen-bond acceptors (Lipinski definition) is 2. The summed E-state index contributed by atoms with van der Waals surface area (Å²) in [4.78, 5) is 11.5. The summed E-state index contributed by atoms with van der Waals surface area (Å²) in [6.45, 7) is 5.98. The van der Waals surface area contributed by atoms with Crippen molar-refractivity contribution in [2.24, 2.45) is 0 Å². The number of benzene rings is 1. The monoisotopic (exact) mass is 296 g/mol. The summed E-state index contributed by atoms with van der Waals surface area (Å²) in [5.41, 5.74) is 1.73. The summed E-state index contributed by atoms with van der Waals surface area (Å²) >= 11 is 3.48. The molecule has 92 valence electrons. The molecule has 0 amide bonds. The average molecular weight is 297 g/mol. The zero-order chi connectivity index (χ0) is 12.7. The van der Waals surface area contributed by atoms with Crippen molar-refractivity contribution in [3.8, 4) is 0 Å². The molecule has 0 saturated carbocycles. The van der Waals surface area contributed by atoms with Crippen LogP contribution in [-0.4, -0.2) is 17.9 Å². The Morgan fingerprint density at radius 3 is 2.59 bits per heavy atom. The third-order valence-electron chi connectivity index (χ3n) is 2.51. The van der Waals surface area contributed by atoms with Crippen LogP contribution in [0.3, 0.4) is 0 Å². The van der Waals surface area contributed by atoms with Crippen LogP contribution in [0.15, 0.2) is 42.5 Å². The molecule has 0 N–H and O–H groups in total. The molecule has 0 radical (unpaired) electrons. The number of alkyl halides is 1. The van der Waals surface area contributed by atoms with Gasteiger partial charge in [-0.05, 0) is 24.8 Å². The lowest BCUT2D eigenvalue weighted by molar-refractivity contribution is -0.138. The molecule has 2 nitrogen and oxygen atoms in total. The van der Waals surface area contributed by atoms with Crippen LogP contribution in [0.25, 0.3) is 0 Å². The van der Waals surface area contributed by atoms with Crippen LogP contribution in [0.4, 0.5) is 0 Å². The number of hydrogen-bond donors (Lipinski definition) is 0. The Bertz CT molecular complexity index is 373. The summed E-state index contributed by atoms with van der Waals surface area (Å²) in [6, 6.07) is 10.1. The maximum atomic E-state index is 11.5. The van der Waals surface area contributed by atoms with E-state index in [1.807, 2.05) is 18.2 Å². The van der Waals surface area contributed by atoms with E-state index in [1.165, 1.54) is 5.56 Å². The highest BCUT2D eigenvalue weighted by atomic mass is 79.9. The third kappa shape index (κ3) is 4.35. The first kappa shape index (κ1) is 14.0. The number of ether oxygens (including phenoxy) is 1. The quantitative estimate of drug-likeness (QED) is 0.455. The van der Waals surface area contributed by atoms with E-state index in [-0.39, 0.29) is 11.9 Å². The van der Waals surface area contributed by atoms with Crippen molar-refractivity contribution < 1.29 is 9.53 Å². The van der Waals surface area contributed by atoms with Crippen molar-refractivity contribution in [1.82, 2.24) is 0 Å². The highest BCUT2D eigenvalue weighted by Crippen LogP contribution is 2.25. The average Bonchev–Trinajstić information content (AvgIpc) is 2.37. The van der Waals surface area contributed by atoms with Gasteiger partial charge in [0.05, 0.1) is 6.61 Å². The fourth-order valence-corrected chi connectivity index (χ4v) is 2.20. The van der Waals surface area contributed by atoms with E-state index >= 15 is 0 Å². The molecule has 1 aromatic rings. The molecule has 0 spiro atoms. The van der Waals surface area contributed by atoms with Crippen LogP contribution in [-0.2, 0) is 9.53 Å². The van der Waals surface area contributed by atoms with Crippen LogP contribution in [0, 0.1) is 0 Å². The zero-order valence-electron chi connectivity index (χ0n) is 9.99. The van der Waals surface area contributed by atoms with E-state index in [0.29, 0.717) is 18.6 Å². The van der Waals surface area contributed by atoms with Gasteiger partial charge in [-0.25, -0.2) is 4.79 Å². The Kier molecular flexibility index (Phi) is 5.98. The van der Waals surface area contributed by atoms with Gasteiger partial charge in [-0.15, -0.1) is 0 Å². The fraction of sp³-hybridized carbons (Fsp3) is 0.357. The van der Waals surface area contributed by atoms with E-state index in [2.05, 4.69) is 34.6 Å². The molecule has 0 bridgehead atoms. The number of rotatable bonds is 6. The molecule has 0 heterocycles. The minimum Gasteiger partial charge on any atom is -0.463 e. The van der Waals surface area contributed by atoms with Crippen LogP contribution >= 0.6 is 15.9 Å². The molecule has 0 aromatic heterocycles. The van der Waals surface area contributed by atoms with E-state index in [4.69, 9.17) is 4.74 Å². The summed E-state index contributed by atoms with van der Waals surface area (Å²) in [5, 5.41) is 0.801. The van der Waals surface area contributed by atoms with E-state index in [0.717, 1.165) is 5.33 Å². The molecule has 0 saturated heterocycles. The largest absolute Gasteiger partial charge is 0.463 e. The lowest BCUT2D eigenvalue weighted by atomic mass is 9.94. The van der Waals surface area contributed by atoms with Crippen LogP contribution < -0.4 is 0 Å². The van der Waals surface area contributed by atoms with Gasteiger partial charge in [0.15, 0.2) is 0 Å². The van der Waals surface area contributed by atoms with Gasteiger partial charge in [0.2, 0.25) is 0 Å². The van der Waals surface area contributed by atoms with E-state index in [1.54, 1.807) is 6.92 Å². The van der Waals surface area contributed by atoms with Crippen molar-refractivity contribution in [3.05, 3.63) is 48.0 Å². The Balaban J connectivity index is 2.65. The van der Waals surface area contributed by atoms with Crippen molar-refractivity contribution in [3.63, 3.8) is 0 Å². The Hall–Kier alpha value is -1.09. The molecule has 1 rings (SSSR count). The molecule has 0 fully saturated rings. The third-order valence-corrected chi connectivity index (χ3v) is 3.30. The molecule has 1 atom stereocenters. The smallest absolute Gasteiger partial charge is 0.333 e. The first-order chi connectivity index (χ1) is 8.19. The number of esters is 1. The predicted octanol–water partition coefficient (Wildman–Crippen LogP) is 3.67. The Morgan fingerprint density at radius 2 is 2.06 bits per heavy atom. The second kappa shape index (κ2) is 7.28. The molecule has 3 heteroatoms. The summed E-state index contributed by atoms with van der Waals surface area (Å²) in [5.74, 6) is -0.0394. The predicted molar refractivity (Wildman–Crippen MR) is 73.4 cm³/mol. The van der Waals surface area contributed by atoms with Gasteiger partial charge in [0.1, 0.15) is 0 Å². The maximum absolute atomic E-state index is 11.5. The number of halogens is 1. The minimum atomic E-state index is -0.297. The van der Waals surface area contributed by atoms with E-state index < -0.39 is 0 Å². The van der Waals surface area contributed by atoms with Crippen LogP contribution in [0.5, 0.6) is 0 Å². The SMILES string of the molecule is C=C(CC(CBr)c1ccccc1)C(=O)OCC. The molecule has 0 aliphatic carbocycles. The number of carbonyl (C=O) groups excluding carboxylic acids is 1. The van der Waals surface area contributed by atoms with Gasteiger partial charge in [0, 0.05) is 10.9 Å².